The van der Waals surface area contributed by atoms with E-state index in [9.17, 15) is 0 Å². The minimum absolute atomic E-state index is 0.321. The molecule has 0 saturated carbocycles. The largest absolute Gasteiger partial charge is 0.454 e. The lowest BCUT2D eigenvalue weighted by atomic mass is 9.98. The van der Waals surface area contributed by atoms with Gasteiger partial charge < -0.3 is 14.8 Å². The summed E-state index contributed by atoms with van der Waals surface area (Å²) in [6.45, 7) is 3.41. The normalized spacial score (nSPS) is 14.2. The molecule has 104 valence electrons. The second kappa shape index (κ2) is 5.97. The molecule has 3 nitrogen and oxygen atoms in total. The summed E-state index contributed by atoms with van der Waals surface area (Å²) in [5, 5.41) is 3.54. The molecule has 3 rings (SSSR count). The van der Waals surface area contributed by atoms with Crippen molar-refractivity contribution in [2.45, 2.75) is 19.4 Å². The van der Waals surface area contributed by atoms with E-state index in [1.165, 1.54) is 11.1 Å². The molecular formula is C17H19NO2. The van der Waals surface area contributed by atoms with Crippen LogP contribution in [0.2, 0.25) is 0 Å². The summed E-state index contributed by atoms with van der Waals surface area (Å²) in [5.74, 6) is 1.69. The number of hydrogen-bond donors (Lipinski definition) is 1. The second-order valence-corrected chi connectivity index (χ2v) is 4.91. The molecule has 1 aliphatic rings. The predicted molar refractivity (Wildman–Crippen MR) is 79.1 cm³/mol. The van der Waals surface area contributed by atoms with Crippen molar-refractivity contribution < 1.29 is 9.47 Å². The van der Waals surface area contributed by atoms with Gasteiger partial charge in [0.1, 0.15) is 0 Å². The molecule has 0 saturated heterocycles. The first kappa shape index (κ1) is 13.0. The third kappa shape index (κ3) is 2.78. The molecule has 0 fully saturated rings. The summed E-state index contributed by atoms with van der Waals surface area (Å²) in [7, 11) is 0. The molecular weight excluding hydrogens is 250 g/mol. The van der Waals surface area contributed by atoms with E-state index in [2.05, 4.69) is 48.6 Å². The van der Waals surface area contributed by atoms with E-state index in [-0.39, 0.29) is 0 Å². The molecule has 0 bridgehead atoms. The first-order valence-electron chi connectivity index (χ1n) is 7.03. The smallest absolute Gasteiger partial charge is 0.231 e. The fraction of sp³-hybridized carbons (Fsp3) is 0.294. The van der Waals surface area contributed by atoms with Crippen molar-refractivity contribution in [1.82, 2.24) is 5.32 Å². The van der Waals surface area contributed by atoms with Gasteiger partial charge in [-0.15, -0.1) is 0 Å². The van der Waals surface area contributed by atoms with Gasteiger partial charge >= 0.3 is 0 Å². The van der Waals surface area contributed by atoms with Crippen LogP contribution in [-0.4, -0.2) is 13.3 Å². The molecule has 1 unspecified atom stereocenters. The van der Waals surface area contributed by atoms with E-state index < -0.39 is 0 Å². The van der Waals surface area contributed by atoms with E-state index >= 15 is 0 Å². The Bertz CT molecular complexity index is 568. The van der Waals surface area contributed by atoms with Crippen LogP contribution >= 0.6 is 0 Å². The minimum atomic E-state index is 0.321. The first-order chi connectivity index (χ1) is 9.86. The number of hydrogen-bond acceptors (Lipinski definition) is 3. The third-order valence-electron chi connectivity index (χ3n) is 3.53. The zero-order chi connectivity index (χ0) is 13.8. The summed E-state index contributed by atoms with van der Waals surface area (Å²) in [4.78, 5) is 0. The Balaban J connectivity index is 1.80. The molecule has 0 aliphatic carbocycles. The highest BCUT2D eigenvalue weighted by atomic mass is 16.7. The van der Waals surface area contributed by atoms with Gasteiger partial charge in [-0.05, 0) is 36.2 Å². The Hall–Kier alpha value is -2.00. The quantitative estimate of drug-likeness (QED) is 0.903. The van der Waals surface area contributed by atoms with E-state index in [1.807, 2.05) is 12.1 Å². The number of ether oxygens (including phenoxy) is 2. The molecule has 20 heavy (non-hydrogen) atoms. The summed E-state index contributed by atoms with van der Waals surface area (Å²) < 4.78 is 10.8. The van der Waals surface area contributed by atoms with Crippen molar-refractivity contribution in [1.29, 1.82) is 0 Å². The highest BCUT2D eigenvalue weighted by molar-refractivity contribution is 5.44. The van der Waals surface area contributed by atoms with Gasteiger partial charge in [-0.3, -0.25) is 0 Å². The summed E-state index contributed by atoms with van der Waals surface area (Å²) >= 11 is 0. The van der Waals surface area contributed by atoms with Crippen LogP contribution in [0.3, 0.4) is 0 Å². The van der Waals surface area contributed by atoms with Crippen molar-refractivity contribution in [2.75, 3.05) is 13.3 Å². The molecule has 0 aromatic heterocycles. The Morgan fingerprint density at radius 3 is 2.65 bits per heavy atom. The van der Waals surface area contributed by atoms with Gasteiger partial charge in [0.2, 0.25) is 6.79 Å². The molecule has 1 heterocycles. The maximum atomic E-state index is 5.44. The fourth-order valence-electron chi connectivity index (χ4n) is 2.54. The van der Waals surface area contributed by atoms with Gasteiger partial charge in [0.15, 0.2) is 11.5 Å². The third-order valence-corrected chi connectivity index (χ3v) is 3.53. The molecule has 3 heteroatoms. The van der Waals surface area contributed by atoms with Crippen molar-refractivity contribution in [2.24, 2.45) is 0 Å². The van der Waals surface area contributed by atoms with E-state index in [0.29, 0.717) is 12.8 Å². The second-order valence-electron chi connectivity index (χ2n) is 4.91. The average Bonchev–Trinajstić information content (AvgIpc) is 2.95. The van der Waals surface area contributed by atoms with Gasteiger partial charge in [0, 0.05) is 6.04 Å². The monoisotopic (exact) mass is 269 g/mol. The Labute approximate surface area is 119 Å². The van der Waals surface area contributed by atoms with Gasteiger partial charge in [-0.2, -0.15) is 0 Å². The predicted octanol–water partition coefficient (Wildman–Crippen LogP) is 3.31. The van der Waals surface area contributed by atoms with Gasteiger partial charge in [-0.1, -0.05) is 43.3 Å². The SMILES string of the molecule is CCNC(Cc1ccc2c(c1)OCO2)c1ccccc1. The van der Waals surface area contributed by atoms with E-state index in [1.54, 1.807) is 0 Å². The van der Waals surface area contributed by atoms with Crippen LogP contribution in [0.25, 0.3) is 0 Å². The first-order valence-corrected chi connectivity index (χ1v) is 7.03. The van der Waals surface area contributed by atoms with Crippen molar-refractivity contribution in [3.63, 3.8) is 0 Å². The van der Waals surface area contributed by atoms with Gasteiger partial charge in [0.25, 0.3) is 0 Å². The maximum Gasteiger partial charge on any atom is 0.231 e. The lowest BCUT2D eigenvalue weighted by Crippen LogP contribution is -2.22. The molecule has 2 aromatic carbocycles. The van der Waals surface area contributed by atoms with E-state index in [0.717, 1.165) is 24.5 Å². The van der Waals surface area contributed by atoms with Crippen LogP contribution < -0.4 is 14.8 Å². The van der Waals surface area contributed by atoms with Crippen molar-refractivity contribution in [3.8, 4) is 11.5 Å². The van der Waals surface area contributed by atoms with Crippen LogP contribution in [-0.2, 0) is 6.42 Å². The number of benzene rings is 2. The van der Waals surface area contributed by atoms with Crippen LogP contribution in [0.15, 0.2) is 48.5 Å². The summed E-state index contributed by atoms with van der Waals surface area (Å²) in [6, 6.07) is 17.1. The van der Waals surface area contributed by atoms with Crippen LogP contribution in [0.4, 0.5) is 0 Å². The van der Waals surface area contributed by atoms with Crippen molar-refractivity contribution >= 4 is 0 Å². The van der Waals surface area contributed by atoms with E-state index in [4.69, 9.17) is 9.47 Å². The minimum Gasteiger partial charge on any atom is -0.454 e. The van der Waals surface area contributed by atoms with Crippen LogP contribution in [0.5, 0.6) is 11.5 Å². The molecule has 0 amide bonds. The Kier molecular flexibility index (Phi) is 3.88. The zero-order valence-electron chi connectivity index (χ0n) is 11.6. The zero-order valence-corrected chi connectivity index (χ0v) is 11.6. The van der Waals surface area contributed by atoms with Crippen LogP contribution in [0, 0.1) is 0 Å². The van der Waals surface area contributed by atoms with Crippen LogP contribution in [0.1, 0.15) is 24.1 Å². The molecule has 1 aliphatic heterocycles. The lowest BCUT2D eigenvalue weighted by molar-refractivity contribution is 0.174. The maximum absolute atomic E-state index is 5.44. The fourth-order valence-corrected chi connectivity index (χ4v) is 2.54. The molecule has 0 spiro atoms. The molecule has 0 radical (unpaired) electrons. The Morgan fingerprint density at radius 1 is 1.05 bits per heavy atom. The number of likely N-dealkylation sites (N-methyl/N-ethyl adjacent to an activating group) is 1. The number of nitrogens with one attached hydrogen (secondary N) is 1. The van der Waals surface area contributed by atoms with Gasteiger partial charge in [0.05, 0.1) is 0 Å². The summed E-state index contributed by atoms with van der Waals surface area (Å²) in [6.07, 6.45) is 0.939. The summed E-state index contributed by atoms with van der Waals surface area (Å²) in [5.41, 5.74) is 2.57. The topological polar surface area (TPSA) is 30.5 Å². The lowest BCUT2D eigenvalue weighted by Gasteiger charge is -2.18. The highest BCUT2D eigenvalue weighted by Crippen LogP contribution is 2.33. The molecule has 1 atom stereocenters. The average molecular weight is 269 g/mol. The molecule has 1 N–H and O–H groups in total. The number of rotatable bonds is 5. The number of fused-ring (bicyclic) bond motifs is 1. The van der Waals surface area contributed by atoms with Crippen molar-refractivity contribution in [3.05, 3.63) is 59.7 Å². The highest BCUT2D eigenvalue weighted by Gasteiger charge is 2.16. The van der Waals surface area contributed by atoms with Gasteiger partial charge in [-0.25, -0.2) is 0 Å². The molecule has 2 aromatic rings. The standard InChI is InChI=1S/C17H19NO2/c1-2-18-15(14-6-4-3-5-7-14)10-13-8-9-16-17(11-13)20-12-19-16/h3-9,11,15,18H,2,10,12H2,1H3. The Morgan fingerprint density at radius 2 is 1.85 bits per heavy atom.